The van der Waals surface area contributed by atoms with Crippen LogP contribution in [-0.2, 0) is 13.8 Å². The summed E-state index contributed by atoms with van der Waals surface area (Å²) in [5, 5.41) is 0. The molecule has 0 fully saturated rings. The summed E-state index contributed by atoms with van der Waals surface area (Å²) >= 11 is 0. The molecule has 0 amide bonds. The summed E-state index contributed by atoms with van der Waals surface area (Å²) in [5.41, 5.74) is -0.293. The number of carbonyl (C=O) groups is 1. The molecule has 0 spiro atoms. The topological polar surface area (TPSA) is 60.4 Å². The van der Waals surface area contributed by atoms with E-state index in [1.54, 1.807) is 0 Å². The lowest BCUT2D eigenvalue weighted by Crippen LogP contribution is -2.10. The summed E-state index contributed by atoms with van der Waals surface area (Å²) in [7, 11) is 1.18. The Morgan fingerprint density at radius 3 is 2.58 bits per heavy atom. The Labute approximate surface area is 115 Å². The number of carbonyl (C=O) groups excluding carboxylic acids is 1. The van der Waals surface area contributed by atoms with Crippen LogP contribution in [0.5, 0.6) is 0 Å². The average Bonchev–Trinajstić information content (AvgIpc) is 2.27. The van der Waals surface area contributed by atoms with Crippen LogP contribution < -0.4 is 0 Å². The molecule has 1 aromatic rings. The molecule has 106 valence electrons. The fourth-order valence-electron chi connectivity index (χ4n) is 1.46. The van der Waals surface area contributed by atoms with Crippen molar-refractivity contribution in [3.05, 3.63) is 29.1 Å². The van der Waals surface area contributed by atoms with E-state index in [9.17, 15) is 17.6 Å². The molecule has 0 atom stereocenters. The van der Waals surface area contributed by atoms with E-state index in [1.165, 1.54) is 6.92 Å². The van der Waals surface area contributed by atoms with E-state index in [-0.39, 0.29) is 17.1 Å². The summed E-state index contributed by atoms with van der Waals surface area (Å²) in [5.74, 6) is -1.73. The van der Waals surface area contributed by atoms with Crippen LogP contribution in [0.1, 0.15) is 35.7 Å². The molecule has 0 radical (unpaired) electrons. The van der Waals surface area contributed by atoms with Gasteiger partial charge in [-0.2, -0.15) is 0 Å². The Morgan fingerprint density at radius 1 is 1.42 bits per heavy atom. The standard InChI is InChI=1S/C12H14ClFO4S/c1-3-4-5-18-12(15)9-7-11(19(13,16)17)8(2)6-10(9)14/h6-7H,3-5H2,1-2H3. The molecule has 0 aliphatic carbocycles. The number of aryl methyl sites for hydroxylation is 1. The number of halogens is 2. The fourth-order valence-corrected chi connectivity index (χ4v) is 2.66. The molecule has 0 bridgehead atoms. The van der Waals surface area contributed by atoms with Gasteiger partial charge in [0.25, 0.3) is 9.05 Å². The molecule has 0 aliphatic heterocycles. The predicted molar refractivity (Wildman–Crippen MR) is 69.4 cm³/mol. The number of unbranched alkanes of at least 4 members (excludes halogenated alkanes) is 1. The number of benzene rings is 1. The maximum Gasteiger partial charge on any atom is 0.341 e. The van der Waals surface area contributed by atoms with Crippen LogP contribution in [0.2, 0.25) is 0 Å². The van der Waals surface area contributed by atoms with Crippen molar-refractivity contribution < 1.29 is 22.3 Å². The first kappa shape index (κ1) is 15.9. The zero-order valence-corrected chi connectivity index (χ0v) is 12.1. The van der Waals surface area contributed by atoms with Crippen LogP contribution in [0.15, 0.2) is 17.0 Å². The van der Waals surface area contributed by atoms with Crippen LogP contribution in [0.25, 0.3) is 0 Å². The molecule has 0 aromatic heterocycles. The third-order valence-corrected chi connectivity index (χ3v) is 3.94. The minimum absolute atomic E-state index is 0.137. The van der Waals surface area contributed by atoms with Crippen molar-refractivity contribution >= 4 is 25.7 Å². The highest BCUT2D eigenvalue weighted by molar-refractivity contribution is 8.13. The van der Waals surface area contributed by atoms with Gasteiger partial charge in [-0.05, 0) is 31.0 Å². The Morgan fingerprint density at radius 2 is 2.05 bits per heavy atom. The molecular weight excluding hydrogens is 295 g/mol. The van der Waals surface area contributed by atoms with E-state index in [2.05, 4.69) is 0 Å². The van der Waals surface area contributed by atoms with Crippen molar-refractivity contribution in [2.24, 2.45) is 0 Å². The third-order valence-electron chi connectivity index (χ3n) is 2.48. The number of ether oxygens (including phenoxy) is 1. The molecule has 0 saturated heterocycles. The summed E-state index contributed by atoms with van der Waals surface area (Å²) in [4.78, 5) is 11.3. The molecule has 7 heteroatoms. The number of hydrogen-bond donors (Lipinski definition) is 0. The first-order valence-electron chi connectivity index (χ1n) is 5.69. The van der Waals surface area contributed by atoms with E-state index in [1.807, 2.05) is 6.92 Å². The number of hydrogen-bond acceptors (Lipinski definition) is 4. The van der Waals surface area contributed by atoms with Gasteiger partial charge in [-0.1, -0.05) is 13.3 Å². The van der Waals surface area contributed by atoms with Crippen LogP contribution in [0.4, 0.5) is 4.39 Å². The number of rotatable bonds is 5. The lowest BCUT2D eigenvalue weighted by molar-refractivity contribution is 0.0494. The Kier molecular flexibility index (Phi) is 5.31. The predicted octanol–water partition coefficient (Wildman–Crippen LogP) is 3.02. The lowest BCUT2D eigenvalue weighted by Gasteiger charge is -2.08. The van der Waals surface area contributed by atoms with E-state index >= 15 is 0 Å². The van der Waals surface area contributed by atoms with Crippen LogP contribution in [0, 0.1) is 12.7 Å². The van der Waals surface area contributed by atoms with E-state index in [0.29, 0.717) is 6.42 Å². The van der Waals surface area contributed by atoms with Crippen molar-refractivity contribution in [2.45, 2.75) is 31.6 Å². The van der Waals surface area contributed by atoms with E-state index < -0.39 is 26.4 Å². The maximum atomic E-state index is 13.6. The molecule has 0 N–H and O–H groups in total. The maximum absolute atomic E-state index is 13.6. The van der Waals surface area contributed by atoms with E-state index in [0.717, 1.165) is 18.6 Å². The second kappa shape index (κ2) is 6.34. The summed E-state index contributed by atoms with van der Waals surface area (Å²) < 4.78 is 41.1. The third kappa shape index (κ3) is 4.18. The van der Waals surface area contributed by atoms with Crippen molar-refractivity contribution in [3.63, 3.8) is 0 Å². The van der Waals surface area contributed by atoms with Gasteiger partial charge in [-0.15, -0.1) is 0 Å². The van der Waals surface area contributed by atoms with Crippen molar-refractivity contribution in [3.8, 4) is 0 Å². The minimum Gasteiger partial charge on any atom is -0.462 e. The molecule has 0 saturated carbocycles. The normalized spacial score (nSPS) is 11.4. The monoisotopic (exact) mass is 308 g/mol. The van der Waals surface area contributed by atoms with Crippen molar-refractivity contribution in [1.82, 2.24) is 0 Å². The Balaban J connectivity index is 3.11. The van der Waals surface area contributed by atoms with Crippen LogP contribution >= 0.6 is 10.7 Å². The van der Waals surface area contributed by atoms with Gasteiger partial charge in [-0.25, -0.2) is 17.6 Å². The van der Waals surface area contributed by atoms with Gasteiger partial charge in [0.1, 0.15) is 5.82 Å². The molecule has 4 nitrogen and oxygen atoms in total. The highest BCUT2D eigenvalue weighted by atomic mass is 35.7. The molecule has 0 aliphatic rings. The van der Waals surface area contributed by atoms with Crippen molar-refractivity contribution in [2.75, 3.05) is 6.61 Å². The SMILES string of the molecule is CCCCOC(=O)c1cc(S(=O)(=O)Cl)c(C)cc1F. The van der Waals surface area contributed by atoms with E-state index in [4.69, 9.17) is 15.4 Å². The molecule has 1 aromatic carbocycles. The Bertz CT molecular complexity index is 584. The zero-order valence-electron chi connectivity index (χ0n) is 10.6. The minimum atomic E-state index is -4.03. The Hall–Kier alpha value is -1.14. The van der Waals surface area contributed by atoms with Crippen LogP contribution in [0.3, 0.4) is 0 Å². The molecule has 0 unspecified atom stereocenters. The second-order valence-electron chi connectivity index (χ2n) is 4.02. The zero-order chi connectivity index (χ0) is 14.6. The van der Waals surface area contributed by atoms with Gasteiger partial charge in [0.15, 0.2) is 0 Å². The van der Waals surface area contributed by atoms with Gasteiger partial charge >= 0.3 is 5.97 Å². The highest BCUT2D eigenvalue weighted by Crippen LogP contribution is 2.23. The quantitative estimate of drug-likeness (QED) is 0.476. The highest BCUT2D eigenvalue weighted by Gasteiger charge is 2.21. The smallest absolute Gasteiger partial charge is 0.341 e. The largest absolute Gasteiger partial charge is 0.462 e. The van der Waals surface area contributed by atoms with Crippen molar-refractivity contribution in [1.29, 1.82) is 0 Å². The number of esters is 1. The molecular formula is C12H14ClFO4S. The van der Waals surface area contributed by atoms with Gasteiger partial charge in [0, 0.05) is 10.7 Å². The molecule has 19 heavy (non-hydrogen) atoms. The molecule has 1 rings (SSSR count). The second-order valence-corrected chi connectivity index (χ2v) is 6.56. The van der Waals surface area contributed by atoms with Gasteiger partial charge in [0.2, 0.25) is 0 Å². The summed E-state index contributed by atoms with van der Waals surface area (Å²) in [6.45, 7) is 3.47. The summed E-state index contributed by atoms with van der Waals surface area (Å²) in [6, 6.07) is 1.85. The fraction of sp³-hybridized carbons (Fsp3) is 0.417. The van der Waals surface area contributed by atoms with Gasteiger partial charge in [0.05, 0.1) is 17.1 Å². The molecule has 0 heterocycles. The lowest BCUT2D eigenvalue weighted by atomic mass is 10.1. The summed E-state index contributed by atoms with van der Waals surface area (Å²) in [6.07, 6.45) is 1.48. The van der Waals surface area contributed by atoms with Gasteiger partial charge < -0.3 is 4.74 Å². The first-order chi connectivity index (χ1) is 8.77. The first-order valence-corrected chi connectivity index (χ1v) is 8.00. The average molecular weight is 309 g/mol. The van der Waals surface area contributed by atoms with Gasteiger partial charge in [-0.3, -0.25) is 0 Å². The van der Waals surface area contributed by atoms with Crippen LogP contribution in [-0.4, -0.2) is 21.0 Å².